The predicted octanol–water partition coefficient (Wildman–Crippen LogP) is 3.46. The highest BCUT2D eigenvalue weighted by atomic mass is 16.2. The fourth-order valence-corrected chi connectivity index (χ4v) is 4.90. The first-order valence-electron chi connectivity index (χ1n) is 12.1. The Hall–Kier alpha value is -3.72. The lowest BCUT2D eigenvalue weighted by molar-refractivity contribution is -0.136. The number of carbonyl (C=O) groups is 2. The van der Waals surface area contributed by atoms with Gasteiger partial charge in [-0.2, -0.15) is 0 Å². The van der Waals surface area contributed by atoms with Crippen LogP contribution in [0.4, 0.5) is 5.82 Å². The highest BCUT2D eigenvalue weighted by Crippen LogP contribution is 2.36. The number of pyridine rings is 1. The first-order chi connectivity index (χ1) is 16.9. The number of likely N-dealkylation sites (tertiary alicyclic amines) is 1. The quantitative estimate of drug-likeness (QED) is 0.385. The van der Waals surface area contributed by atoms with E-state index >= 15 is 0 Å². The number of rotatable bonds is 5. The third-order valence-corrected chi connectivity index (χ3v) is 6.70. The van der Waals surface area contributed by atoms with Crippen molar-refractivity contribution in [1.29, 1.82) is 0 Å². The van der Waals surface area contributed by atoms with Gasteiger partial charge < -0.3 is 10.6 Å². The summed E-state index contributed by atoms with van der Waals surface area (Å²) in [6.07, 6.45) is 4.51. The van der Waals surface area contributed by atoms with Crippen molar-refractivity contribution in [3.8, 4) is 0 Å². The van der Waals surface area contributed by atoms with Crippen LogP contribution in [0.5, 0.6) is 0 Å². The van der Waals surface area contributed by atoms with E-state index in [1.807, 2.05) is 26.0 Å². The van der Waals surface area contributed by atoms with Gasteiger partial charge in [-0.25, -0.2) is 9.97 Å². The van der Waals surface area contributed by atoms with Crippen molar-refractivity contribution >= 4 is 39.6 Å². The second kappa shape index (κ2) is 9.50. The second-order valence-corrected chi connectivity index (χ2v) is 9.70. The molecule has 9 nitrogen and oxygen atoms in total. The number of fused-ring (bicyclic) bond motifs is 3. The number of hydrogen-bond donors (Lipinski definition) is 3. The lowest BCUT2D eigenvalue weighted by Gasteiger charge is -2.38. The highest BCUT2D eigenvalue weighted by Gasteiger charge is 2.31. The number of benzene rings is 1. The van der Waals surface area contributed by atoms with E-state index in [1.165, 1.54) is 5.56 Å². The minimum atomic E-state index is -0.711. The normalized spacial score (nSPS) is 18.9. The van der Waals surface area contributed by atoms with Crippen LogP contribution in [-0.4, -0.2) is 55.6 Å². The van der Waals surface area contributed by atoms with Crippen LogP contribution >= 0.6 is 0 Å². The Balaban J connectivity index is 1.51. The van der Waals surface area contributed by atoms with Gasteiger partial charge in [0, 0.05) is 36.9 Å². The van der Waals surface area contributed by atoms with Crippen LogP contribution < -0.4 is 10.6 Å². The van der Waals surface area contributed by atoms with Crippen molar-refractivity contribution in [3.63, 3.8) is 0 Å². The zero-order valence-corrected chi connectivity index (χ0v) is 20.3. The summed E-state index contributed by atoms with van der Waals surface area (Å²) in [5.41, 5.74) is 2.88. The van der Waals surface area contributed by atoms with Crippen molar-refractivity contribution in [3.05, 3.63) is 54.4 Å². The third-order valence-electron chi connectivity index (χ3n) is 6.70. The van der Waals surface area contributed by atoms with Crippen LogP contribution in [0.15, 0.2) is 48.8 Å². The first-order valence-corrected chi connectivity index (χ1v) is 12.1. The van der Waals surface area contributed by atoms with Crippen LogP contribution in [0.3, 0.4) is 0 Å². The molecule has 0 radical (unpaired) electrons. The Morgan fingerprint density at radius 3 is 2.69 bits per heavy atom. The van der Waals surface area contributed by atoms with Gasteiger partial charge in [0.2, 0.25) is 0 Å². The molecule has 5 rings (SSSR count). The Morgan fingerprint density at radius 1 is 1.11 bits per heavy atom. The Labute approximate surface area is 203 Å². The van der Waals surface area contributed by atoms with E-state index in [4.69, 9.17) is 0 Å². The highest BCUT2D eigenvalue weighted by molar-refractivity contribution is 6.40. The molecule has 3 N–H and O–H groups in total. The summed E-state index contributed by atoms with van der Waals surface area (Å²) in [4.78, 5) is 36.2. The third kappa shape index (κ3) is 4.64. The fraction of sp³-hybridized carbons (Fsp3) is 0.385. The molecule has 0 spiro atoms. The summed E-state index contributed by atoms with van der Waals surface area (Å²) in [7, 11) is 0. The molecule has 0 saturated carbocycles. The molecule has 35 heavy (non-hydrogen) atoms. The number of carbonyl (C=O) groups excluding carboxylic acids is 2. The maximum atomic E-state index is 12.6. The van der Waals surface area contributed by atoms with Crippen molar-refractivity contribution < 1.29 is 9.59 Å². The number of nitrogens with one attached hydrogen (secondary N) is 3. The van der Waals surface area contributed by atoms with Crippen LogP contribution in [0.1, 0.15) is 38.8 Å². The molecule has 1 fully saturated rings. The van der Waals surface area contributed by atoms with Crippen molar-refractivity contribution in [2.24, 2.45) is 5.92 Å². The number of anilines is 1. The summed E-state index contributed by atoms with van der Waals surface area (Å²) >= 11 is 0. The lowest BCUT2D eigenvalue weighted by atomic mass is 9.93. The standard InChI is InChI=1S/C26H31N7O2/c1-16(2)29-25(34)26(35)30-24-20-13-28-23-19(9-11-27-23)22(20)33(31-24)21-15-32(12-10-17(21)3)14-18-7-5-4-6-8-18/h4-9,11,13,16-17,21,31H,10,12,14-15H2,1-3H3,(H,29,34)(H,30,35)/t17-,21+/m1/s1. The predicted molar refractivity (Wildman–Crippen MR) is 136 cm³/mol. The van der Waals surface area contributed by atoms with Crippen LogP contribution in [0.25, 0.3) is 21.9 Å². The average molecular weight is 474 g/mol. The Bertz CT molecular complexity index is 1360. The molecule has 1 aliphatic rings. The van der Waals surface area contributed by atoms with Gasteiger partial charge in [-0.1, -0.05) is 37.3 Å². The van der Waals surface area contributed by atoms with Crippen LogP contribution in [0, 0.1) is 5.92 Å². The Kier molecular flexibility index (Phi) is 6.25. The van der Waals surface area contributed by atoms with Gasteiger partial charge in [-0.3, -0.25) is 24.3 Å². The molecular weight excluding hydrogens is 442 g/mol. The molecule has 0 bridgehead atoms. The van der Waals surface area contributed by atoms with Gasteiger partial charge in [0.25, 0.3) is 0 Å². The molecule has 1 aromatic carbocycles. The summed E-state index contributed by atoms with van der Waals surface area (Å²) in [6, 6.07) is 12.5. The molecule has 3 aromatic heterocycles. The molecule has 182 valence electrons. The van der Waals surface area contributed by atoms with Gasteiger partial charge in [-0.15, -0.1) is 0 Å². The van der Waals surface area contributed by atoms with E-state index in [-0.39, 0.29) is 12.1 Å². The smallest absolute Gasteiger partial charge is 0.314 e. The topological polar surface area (TPSA) is 108 Å². The zero-order valence-electron chi connectivity index (χ0n) is 20.3. The van der Waals surface area contributed by atoms with E-state index < -0.39 is 11.8 Å². The van der Waals surface area contributed by atoms with E-state index in [9.17, 15) is 9.59 Å². The number of amides is 2. The van der Waals surface area contributed by atoms with Gasteiger partial charge in [-0.05, 0) is 44.4 Å². The summed E-state index contributed by atoms with van der Waals surface area (Å²) in [5, 5.41) is 10.5. The molecule has 4 aromatic rings. The molecule has 1 aliphatic heterocycles. The number of H-pyrrole nitrogens is 1. The minimum absolute atomic E-state index is 0.131. The largest absolute Gasteiger partial charge is 0.346 e. The van der Waals surface area contributed by atoms with Gasteiger partial charge in [0.15, 0.2) is 5.65 Å². The van der Waals surface area contributed by atoms with Crippen LogP contribution in [0.2, 0.25) is 0 Å². The second-order valence-electron chi connectivity index (χ2n) is 9.70. The number of hydrogen-bond acceptors (Lipinski definition) is 5. The summed E-state index contributed by atoms with van der Waals surface area (Å²) < 4.78 is 2.14. The zero-order chi connectivity index (χ0) is 24.5. The lowest BCUT2D eigenvalue weighted by Crippen LogP contribution is -2.41. The number of piperidine rings is 1. The molecule has 2 amide bonds. The van der Waals surface area contributed by atoms with E-state index in [0.29, 0.717) is 17.4 Å². The van der Waals surface area contributed by atoms with E-state index in [1.54, 1.807) is 12.4 Å². The van der Waals surface area contributed by atoms with Gasteiger partial charge >= 0.3 is 11.8 Å². The molecule has 0 unspecified atom stereocenters. The van der Waals surface area contributed by atoms with Gasteiger partial charge in [0.05, 0.1) is 16.9 Å². The summed E-state index contributed by atoms with van der Waals surface area (Å²) in [6.45, 7) is 8.67. The number of nitrogens with zero attached hydrogens (tertiary/aromatic N) is 4. The number of aromatic amines is 1. The van der Waals surface area contributed by atoms with E-state index in [0.717, 1.165) is 42.3 Å². The fourth-order valence-electron chi connectivity index (χ4n) is 4.90. The number of aromatic nitrogens is 4. The molecule has 0 aliphatic carbocycles. The van der Waals surface area contributed by atoms with Crippen molar-refractivity contribution in [2.75, 3.05) is 18.4 Å². The summed E-state index contributed by atoms with van der Waals surface area (Å²) in [5.74, 6) is -0.504. The maximum absolute atomic E-state index is 12.6. The van der Waals surface area contributed by atoms with E-state index in [2.05, 4.69) is 66.5 Å². The van der Waals surface area contributed by atoms with Crippen molar-refractivity contribution in [2.45, 2.75) is 45.8 Å². The maximum Gasteiger partial charge on any atom is 0.314 e. The first kappa shape index (κ1) is 23.0. The molecule has 9 heteroatoms. The SMILES string of the molecule is CC(C)NC(=O)C(=O)Nc1[nH]n([C@H]2CN(Cc3ccccc3)CC[C@H]2C)c2c1cnc1nccc12. The molecule has 1 saturated heterocycles. The average Bonchev–Trinajstić information content (AvgIpc) is 3.45. The van der Waals surface area contributed by atoms with Crippen LogP contribution in [-0.2, 0) is 16.1 Å². The molecule has 4 heterocycles. The minimum Gasteiger partial charge on any atom is -0.346 e. The van der Waals surface area contributed by atoms with Crippen molar-refractivity contribution in [1.82, 2.24) is 30.0 Å². The molecule has 2 atom stereocenters. The van der Waals surface area contributed by atoms with Gasteiger partial charge in [0.1, 0.15) is 5.82 Å². The Morgan fingerprint density at radius 2 is 1.91 bits per heavy atom. The monoisotopic (exact) mass is 473 g/mol. The molecular formula is C26H31N7O2.